The minimum atomic E-state index is 0.911. The third-order valence-electron chi connectivity index (χ3n) is 3.66. The molecule has 104 valence electrons. The molecule has 0 spiro atoms. The maximum atomic E-state index is 4.31. The van der Waals surface area contributed by atoms with Gasteiger partial charge in [-0.2, -0.15) is 0 Å². The van der Waals surface area contributed by atoms with E-state index < -0.39 is 0 Å². The number of rotatable bonds is 5. The predicted octanol–water partition coefficient (Wildman–Crippen LogP) is 4.29. The number of hydrogen-bond acceptors (Lipinski definition) is 3. The smallest absolute Gasteiger partial charge is 0.126 e. The van der Waals surface area contributed by atoms with Gasteiger partial charge in [-0.3, -0.25) is 0 Å². The Bertz CT molecular complexity index is 595. The minimum absolute atomic E-state index is 0.911. The van der Waals surface area contributed by atoms with Gasteiger partial charge >= 0.3 is 0 Å². The molecule has 0 unspecified atom stereocenters. The lowest BCUT2D eigenvalue weighted by atomic mass is 10.1. The van der Waals surface area contributed by atoms with Crippen molar-refractivity contribution in [3.05, 3.63) is 53.2 Å². The van der Waals surface area contributed by atoms with Crippen LogP contribution in [-0.2, 0) is 18.6 Å². The van der Waals surface area contributed by atoms with Crippen molar-refractivity contribution in [2.45, 2.75) is 36.8 Å². The highest BCUT2D eigenvalue weighted by molar-refractivity contribution is 7.98. The number of fused-ring (bicyclic) bond motifs is 1. The van der Waals surface area contributed by atoms with E-state index in [1.165, 1.54) is 29.7 Å². The number of pyridine rings is 1. The van der Waals surface area contributed by atoms with Crippen LogP contribution in [0.5, 0.6) is 0 Å². The first-order valence-electron chi connectivity index (χ1n) is 7.28. The van der Waals surface area contributed by atoms with Gasteiger partial charge in [0.1, 0.15) is 5.82 Å². The van der Waals surface area contributed by atoms with E-state index in [0.717, 1.165) is 18.1 Å². The molecule has 1 aliphatic carbocycles. The topological polar surface area (TPSA) is 24.9 Å². The van der Waals surface area contributed by atoms with E-state index >= 15 is 0 Å². The van der Waals surface area contributed by atoms with Crippen LogP contribution in [0, 0.1) is 0 Å². The van der Waals surface area contributed by atoms with E-state index in [4.69, 9.17) is 0 Å². The van der Waals surface area contributed by atoms with Gasteiger partial charge in [-0.15, -0.1) is 11.8 Å². The number of anilines is 1. The average molecular weight is 284 g/mol. The Balaban J connectivity index is 1.65. The van der Waals surface area contributed by atoms with Gasteiger partial charge in [-0.1, -0.05) is 6.07 Å². The lowest BCUT2D eigenvalue weighted by Gasteiger charge is -2.07. The molecule has 1 aliphatic rings. The molecule has 0 saturated heterocycles. The number of nitrogens with zero attached hydrogens (tertiary/aromatic N) is 1. The van der Waals surface area contributed by atoms with Gasteiger partial charge in [0.2, 0.25) is 0 Å². The average Bonchev–Trinajstić information content (AvgIpc) is 2.93. The van der Waals surface area contributed by atoms with Crippen molar-refractivity contribution < 1.29 is 0 Å². The van der Waals surface area contributed by atoms with Gasteiger partial charge in [-0.25, -0.2) is 4.98 Å². The van der Waals surface area contributed by atoms with Crippen molar-refractivity contribution >= 4 is 17.6 Å². The van der Waals surface area contributed by atoms with Crippen LogP contribution in [0.25, 0.3) is 0 Å². The Labute approximate surface area is 125 Å². The Morgan fingerprint density at radius 1 is 1.15 bits per heavy atom. The van der Waals surface area contributed by atoms with Crippen molar-refractivity contribution in [3.8, 4) is 0 Å². The molecule has 1 aromatic carbocycles. The van der Waals surface area contributed by atoms with E-state index in [0.29, 0.717) is 0 Å². The van der Waals surface area contributed by atoms with E-state index in [9.17, 15) is 0 Å². The number of hydrogen-bond donors (Lipinski definition) is 1. The minimum Gasteiger partial charge on any atom is -0.370 e. The van der Waals surface area contributed by atoms with Crippen LogP contribution in [-0.4, -0.2) is 11.5 Å². The lowest BCUT2D eigenvalue weighted by molar-refractivity contribution is 0.911. The summed E-state index contributed by atoms with van der Waals surface area (Å²) >= 11 is 1.91. The summed E-state index contributed by atoms with van der Waals surface area (Å²) in [5.41, 5.74) is 4.42. The summed E-state index contributed by atoms with van der Waals surface area (Å²) in [6.45, 7) is 3.00. The highest BCUT2D eigenvalue weighted by atomic mass is 32.2. The quantitative estimate of drug-likeness (QED) is 0.829. The Morgan fingerprint density at radius 3 is 2.95 bits per heavy atom. The molecular weight excluding hydrogens is 264 g/mol. The number of thioether (sulfide) groups is 1. The summed E-state index contributed by atoms with van der Waals surface area (Å²) in [6.07, 6.45) is 5.72. The van der Waals surface area contributed by atoms with Crippen LogP contribution in [0.3, 0.4) is 0 Å². The molecule has 1 heterocycles. The number of aryl methyl sites for hydroxylation is 2. The van der Waals surface area contributed by atoms with Gasteiger partial charge in [0.15, 0.2) is 0 Å². The Morgan fingerprint density at radius 2 is 2.05 bits per heavy atom. The molecule has 2 aromatic rings. The van der Waals surface area contributed by atoms with Crippen LogP contribution in [0.2, 0.25) is 0 Å². The molecule has 0 fully saturated rings. The monoisotopic (exact) mass is 284 g/mol. The summed E-state index contributed by atoms with van der Waals surface area (Å²) in [7, 11) is 0. The van der Waals surface area contributed by atoms with Crippen LogP contribution in [0.1, 0.15) is 30.0 Å². The van der Waals surface area contributed by atoms with E-state index in [1.54, 1.807) is 11.1 Å². The van der Waals surface area contributed by atoms with Crippen molar-refractivity contribution in [1.29, 1.82) is 0 Å². The highest BCUT2D eigenvalue weighted by Crippen LogP contribution is 2.29. The van der Waals surface area contributed by atoms with Gasteiger partial charge in [0, 0.05) is 23.4 Å². The first kappa shape index (κ1) is 13.5. The standard InChI is InChI=1S/C17H20N2S/c1-2-18-17-10-13(8-9-19-17)12-20-16-7-6-14-4-3-5-15(14)11-16/h6-11H,2-5,12H2,1H3,(H,18,19). The van der Waals surface area contributed by atoms with Crippen LogP contribution < -0.4 is 5.32 Å². The number of aromatic nitrogens is 1. The molecule has 0 aliphatic heterocycles. The summed E-state index contributed by atoms with van der Waals surface area (Å²) in [6, 6.07) is 11.2. The second kappa shape index (κ2) is 6.31. The first-order chi connectivity index (χ1) is 9.85. The molecule has 20 heavy (non-hydrogen) atoms. The van der Waals surface area contributed by atoms with E-state index in [-0.39, 0.29) is 0 Å². The van der Waals surface area contributed by atoms with Gasteiger partial charge in [-0.05, 0) is 67.1 Å². The molecular formula is C17H20N2S. The fourth-order valence-corrected chi connectivity index (χ4v) is 3.55. The molecule has 0 bridgehead atoms. The summed E-state index contributed by atoms with van der Waals surface area (Å²) < 4.78 is 0. The highest BCUT2D eigenvalue weighted by Gasteiger charge is 2.10. The molecule has 3 heteroatoms. The SMILES string of the molecule is CCNc1cc(CSc2ccc3c(c2)CCC3)ccn1. The maximum Gasteiger partial charge on any atom is 0.126 e. The van der Waals surface area contributed by atoms with Crippen LogP contribution in [0.15, 0.2) is 41.4 Å². The Kier molecular flexibility index (Phi) is 4.26. The third kappa shape index (κ3) is 3.15. The molecule has 2 nitrogen and oxygen atoms in total. The summed E-state index contributed by atoms with van der Waals surface area (Å²) in [4.78, 5) is 5.69. The third-order valence-corrected chi connectivity index (χ3v) is 4.72. The van der Waals surface area contributed by atoms with Crippen molar-refractivity contribution in [2.24, 2.45) is 0 Å². The molecule has 1 aromatic heterocycles. The Hall–Kier alpha value is -1.48. The summed E-state index contributed by atoms with van der Waals surface area (Å²) in [5.74, 6) is 1.97. The van der Waals surface area contributed by atoms with E-state index in [2.05, 4.69) is 47.6 Å². The van der Waals surface area contributed by atoms with E-state index in [1.807, 2.05) is 18.0 Å². The largest absolute Gasteiger partial charge is 0.370 e. The molecule has 0 saturated carbocycles. The van der Waals surface area contributed by atoms with Gasteiger partial charge in [0.25, 0.3) is 0 Å². The van der Waals surface area contributed by atoms with Gasteiger partial charge in [0.05, 0.1) is 0 Å². The lowest BCUT2D eigenvalue weighted by Crippen LogP contribution is -1.99. The molecule has 3 rings (SSSR count). The number of benzene rings is 1. The first-order valence-corrected chi connectivity index (χ1v) is 8.27. The second-order valence-corrected chi connectivity index (χ2v) is 6.20. The summed E-state index contributed by atoms with van der Waals surface area (Å²) in [5, 5.41) is 3.26. The fraction of sp³-hybridized carbons (Fsp3) is 0.353. The maximum absolute atomic E-state index is 4.31. The van der Waals surface area contributed by atoms with Crippen molar-refractivity contribution in [3.63, 3.8) is 0 Å². The van der Waals surface area contributed by atoms with Crippen LogP contribution in [0.4, 0.5) is 5.82 Å². The van der Waals surface area contributed by atoms with Gasteiger partial charge < -0.3 is 5.32 Å². The number of nitrogens with one attached hydrogen (secondary N) is 1. The zero-order valence-electron chi connectivity index (χ0n) is 11.9. The zero-order chi connectivity index (χ0) is 13.8. The van der Waals surface area contributed by atoms with Crippen molar-refractivity contribution in [1.82, 2.24) is 4.98 Å². The molecule has 0 amide bonds. The van der Waals surface area contributed by atoms with Crippen molar-refractivity contribution in [2.75, 3.05) is 11.9 Å². The fourth-order valence-electron chi connectivity index (χ4n) is 2.65. The molecule has 0 atom stereocenters. The second-order valence-electron chi connectivity index (χ2n) is 5.15. The molecule has 1 N–H and O–H groups in total. The van der Waals surface area contributed by atoms with Crippen LogP contribution >= 0.6 is 11.8 Å². The normalized spacial score (nSPS) is 13.2. The molecule has 0 radical (unpaired) electrons. The predicted molar refractivity (Wildman–Crippen MR) is 86.4 cm³/mol. The zero-order valence-corrected chi connectivity index (χ0v) is 12.7.